The summed E-state index contributed by atoms with van der Waals surface area (Å²) in [7, 11) is 0. The number of ether oxygens (including phenoxy) is 2. The quantitative estimate of drug-likeness (QED) is 0.430. The van der Waals surface area contributed by atoms with Crippen LogP contribution in [0, 0.1) is 6.92 Å². The Morgan fingerprint density at radius 3 is 2.38 bits per heavy atom. The van der Waals surface area contributed by atoms with Crippen LogP contribution in [0.4, 0.5) is 0 Å². The van der Waals surface area contributed by atoms with E-state index in [1.807, 2.05) is 0 Å². The lowest BCUT2D eigenvalue weighted by Crippen LogP contribution is -1.84. The van der Waals surface area contributed by atoms with Gasteiger partial charge in [0.25, 0.3) is 0 Å². The molecule has 2 nitrogen and oxygen atoms in total. The molecule has 0 bridgehead atoms. The van der Waals surface area contributed by atoms with Crippen molar-refractivity contribution in [2.75, 3.05) is 0 Å². The highest BCUT2D eigenvalue weighted by Gasteiger charge is 1.88. The molecule has 0 saturated carbocycles. The largest absolute Gasteiger partial charge is 0.466 e. The highest BCUT2D eigenvalue weighted by atomic mass is 24.3. The molecule has 8 heavy (non-hydrogen) atoms. The van der Waals surface area contributed by atoms with E-state index in [1.165, 1.54) is 18.8 Å². The third-order valence-corrected chi connectivity index (χ3v) is 0.553. The zero-order chi connectivity index (χ0) is 5.11. The van der Waals surface area contributed by atoms with E-state index in [2.05, 4.69) is 11.7 Å². The van der Waals surface area contributed by atoms with Crippen molar-refractivity contribution in [2.24, 2.45) is 0 Å². The highest BCUT2D eigenvalue weighted by Crippen LogP contribution is 2.01. The predicted octanol–water partition coefficient (Wildman–Crippen LogP) is 0.264. The average Bonchev–Trinajstić information content (AvgIpc) is 1.69. The fraction of sp³-hybridized carbons (Fsp3) is 0. The van der Waals surface area contributed by atoms with Gasteiger partial charge in [0.1, 0.15) is 24.5 Å². The second-order valence-corrected chi connectivity index (χ2v) is 1.11. The molecular weight excluding hydrogens is 116 g/mol. The summed E-state index contributed by atoms with van der Waals surface area (Å²) in [6.45, 7) is 3.46. The van der Waals surface area contributed by atoms with Crippen molar-refractivity contribution in [3.8, 4) is 0 Å². The number of hydrogen-bond donors (Lipinski definition) is 0. The smallest absolute Gasteiger partial charge is 0.316 e. The van der Waals surface area contributed by atoms with E-state index in [0.717, 1.165) is 0 Å². The van der Waals surface area contributed by atoms with E-state index < -0.39 is 0 Å². The van der Waals surface area contributed by atoms with Gasteiger partial charge in [0, 0.05) is 6.92 Å². The molecule has 3 heteroatoms. The van der Waals surface area contributed by atoms with Crippen LogP contribution in [0.15, 0.2) is 24.5 Å². The Bertz CT molecular complexity index is 118. The fourth-order valence-electron chi connectivity index (χ4n) is 0.290. The molecular formula is C5H7MgO2. The van der Waals surface area contributed by atoms with Crippen molar-refractivity contribution < 1.29 is 9.47 Å². The van der Waals surface area contributed by atoms with Gasteiger partial charge in [-0.25, -0.2) is 0 Å². The molecule has 0 N–H and O–H groups in total. The highest BCUT2D eigenvalue weighted by molar-refractivity contribution is 5.75. The van der Waals surface area contributed by atoms with Gasteiger partial charge in [0.2, 0.25) is 0 Å². The zero-order valence-electron chi connectivity index (χ0n) is 3.76. The lowest BCUT2D eigenvalue weighted by molar-refractivity contribution is 0.267. The van der Waals surface area contributed by atoms with Gasteiger partial charge in [-0.05, 0) is 0 Å². The summed E-state index contributed by atoms with van der Waals surface area (Å²) in [5.41, 5.74) is 0. The molecule has 1 aliphatic heterocycles. The maximum absolute atomic E-state index is 4.72. The Labute approximate surface area is 64.3 Å². The first-order valence-corrected chi connectivity index (χ1v) is 1.89. The second kappa shape index (κ2) is 3.80. The van der Waals surface area contributed by atoms with E-state index >= 15 is 0 Å². The summed E-state index contributed by atoms with van der Waals surface area (Å²) in [6.07, 6.45) is 4.30. The van der Waals surface area contributed by atoms with E-state index in [1.54, 1.807) is 0 Å². The van der Waals surface area contributed by atoms with Gasteiger partial charge in [-0.2, -0.15) is 0 Å². The third kappa shape index (κ3) is 2.23. The van der Waals surface area contributed by atoms with Crippen molar-refractivity contribution in [2.45, 2.75) is 0 Å². The molecule has 0 aromatic carbocycles. The Morgan fingerprint density at radius 2 is 2.12 bits per heavy atom. The molecule has 0 spiro atoms. The molecule has 1 aliphatic rings. The molecule has 0 fully saturated rings. The van der Waals surface area contributed by atoms with Gasteiger partial charge >= 0.3 is 23.1 Å². The van der Waals surface area contributed by atoms with Crippen molar-refractivity contribution in [1.29, 1.82) is 0 Å². The van der Waals surface area contributed by atoms with Crippen LogP contribution in [0.1, 0.15) is 0 Å². The third-order valence-electron chi connectivity index (χ3n) is 0.553. The summed E-state index contributed by atoms with van der Waals surface area (Å²) in [5, 5.41) is 0. The SMILES string of the molecule is [CH2]C1=COC=CO1.[MgH2]. The summed E-state index contributed by atoms with van der Waals surface area (Å²) < 4.78 is 9.37. The van der Waals surface area contributed by atoms with Gasteiger partial charge in [0.05, 0.1) is 0 Å². The van der Waals surface area contributed by atoms with Gasteiger partial charge in [-0.3, -0.25) is 0 Å². The second-order valence-electron chi connectivity index (χ2n) is 1.11. The monoisotopic (exact) mass is 123 g/mol. The maximum atomic E-state index is 4.72. The van der Waals surface area contributed by atoms with E-state index in [-0.39, 0.29) is 23.1 Å². The van der Waals surface area contributed by atoms with E-state index in [0.29, 0.717) is 5.76 Å². The Hall–Kier alpha value is -0.154. The first-order chi connectivity index (χ1) is 3.39. The average molecular weight is 123 g/mol. The summed E-state index contributed by atoms with van der Waals surface area (Å²) in [4.78, 5) is 0. The summed E-state index contributed by atoms with van der Waals surface area (Å²) in [5.74, 6) is 0.530. The van der Waals surface area contributed by atoms with Crippen LogP contribution in [0.2, 0.25) is 0 Å². The lowest BCUT2D eigenvalue weighted by atomic mass is 10.6. The molecule has 0 aromatic heterocycles. The first kappa shape index (κ1) is 7.85. The minimum absolute atomic E-state index is 0. The summed E-state index contributed by atoms with van der Waals surface area (Å²) >= 11 is 0. The minimum atomic E-state index is 0. The Morgan fingerprint density at radius 1 is 1.38 bits per heavy atom. The topological polar surface area (TPSA) is 18.5 Å². The molecule has 0 saturated heterocycles. The molecule has 1 radical (unpaired) electrons. The van der Waals surface area contributed by atoms with Crippen LogP contribution in [-0.4, -0.2) is 23.1 Å². The molecule has 1 heterocycles. The van der Waals surface area contributed by atoms with Crippen LogP contribution < -0.4 is 0 Å². The Balaban J connectivity index is 0.000000490. The van der Waals surface area contributed by atoms with Crippen LogP contribution in [0.5, 0.6) is 0 Å². The molecule has 0 amide bonds. The predicted molar refractivity (Wildman–Crippen MR) is 33.3 cm³/mol. The van der Waals surface area contributed by atoms with E-state index in [4.69, 9.17) is 4.74 Å². The van der Waals surface area contributed by atoms with Crippen molar-refractivity contribution >= 4 is 23.1 Å². The number of rotatable bonds is 0. The molecule has 0 aromatic rings. The Kier molecular flexibility index (Phi) is 3.73. The number of allylic oxidation sites excluding steroid dienone is 1. The van der Waals surface area contributed by atoms with Gasteiger partial charge in [-0.15, -0.1) is 0 Å². The summed E-state index contributed by atoms with van der Waals surface area (Å²) in [6, 6.07) is 0. The molecule has 0 atom stereocenters. The standard InChI is InChI=1S/C5H5O2.Mg.2H/c1-5-4-6-2-3-7-5;;;/h2-4H,1H2;;;. The molecule has 0 unspecified atom stereocenters. The van der Waals surface area contributed by atoms with Crippen molar-refractivity contribution in [3.05, 3.63) is 31.5 Å². The van der Waals surface area contributed by atoms with Crippen LogP contribution >= 0.6 is 0 Å². The van der Waals surface area contributed by atoms with Crippen LogP contribution in [0.25, 0.3) is 0 Å². The fourth-order valence-corrected chi connectivity index (χ4v) is 0.290. The zero-order valence-corrected chi connectivity index (χ0v) is 3.76. The van der Waals surface area contributed by atoms with Gasteiger partial charge in [0.15, 0.2) is 0 Å². The van der Waals surface area contributed by atoms with Gasteiger partial charge in [-0.1, -0.05) is 0 Å². The van der Waals surface area contributed by atoms with Crippen LogP contribution in [-0.2, 0) is 9.47 Å². The molecule has 41 valence electrons. The first-order valence-electron chi connectivity index (χ1n) is 1.89. The lowest BCUT2D eigenvalue weighted by Gasteiger charge is -2.02. The van der Waals surface area contributed by atoms with Crippen molar-refractivity contribution in [3.63, 3.8) is 0 Å². The normalized spacial score (nSPS) is 14.9. The van der Waals surface area contributed by atoms with Crippen molar-refractivity contribution in [1.82, 2.24) is 0 Å². The van der Waals surface area contributed by atoms with Gasteiger partial charge < -0.3 is 9.47 Å². The minimum Gasteiger partial charge on any atom is -0.466 e. The molecule has 0 aliphatic carbocycles. The number of hydrogen-bond acceptors (Lipinski definition) is 2. The van der Waals surface area contributed by atoms with Crippen LogP contribution in [0.3, 0.4) is 0 Å². The maximum Gasteiger partial charge on any atom is 0.316 e. The van der Waals surface area contributed by atoms with E-state index in [9.17, 15) is 0 Å². The molecule has 1 rings (SSSR count).